The van der Waals surface area contributed by atoms with Crippen LogP contribution in [0.15, 0.2) is 33.9 Å². The molecule has 1 aromatic carbocycles. The van der Waals surface area contributed by atoms with E-state index in [0.29, 0.717) is 30.4 Å². The van der Waals surface area contributed by atoms with Crippen LogP contribution in [0.1, 0.15) is 18.9 Å². The number of hydrogen-bond acceptors (Lipinski definition) is 6. The van der Waals surface area contributed by atoms with Gasteiger partial charge in [0.2, 0.25) is 5.91 Å². The fraction of sp³-hybridized carbons (Fsp3) is 0.353. The van der Waals surface area contributed by atoms with Crippen molar-refractivity contribution in [2.24, 2.45) is 0 Å². The van der Waals surface area contributed by atoms with E-state index in [1.165, 1.54) is 10.6 Å². The van der Waals surface area contributed by atoms with Crippen LogP contribution in [0.25, 0.3) is 0 Å². The highest BCUT2D eigenvalue weighted by Gasteiger charge is 2.28. The van der Waals surface area contributed by atoms with Crippen molar-refractivity contribution in [1.82, 2.24) is 9.13 Å². The number of nitrogens with one attached hydrogen (secondary N) is 1. The molecule has 2 aliphatic rings. The van der Waals surface area contributed by atoms with E-state index < -0.39 is 17.2 Å². The van der Waals surface area contributed by atoms with E-state index in [1.807, 2.05) is 0 Å². The molecule has 9 heteroatoms. The van der Waals surface area contributed by atoms with Crippen LogP contribution in [0, 0.1) is 0 Å². The Morgan fingerprint density at radius 1 is 1.15 bits per heavy atom. The van der Waals surface area contributed by atoms with Crippen molar-refractivity contribution < 1.29 is 14.3 Å². The lowest BCUT2D eigenvalue weighted by atomic mass is 10.2. The van der Waals surface area contributed by atoms with Crippen molar-refractivity contribution >= 4 is 17.4 Å². The number of anilines is 2. The van der Waals surface area contributed by atoms with Gasteiger partial charge in [-0.25, -0.2) is 4.79 Å². The minimum atomic E-state index is -0.596. The van der Waals surface area contributed by atoms with Gasteiger partial charge in [0.1, 0.15) is 25.6 Å². The predicted octanol–water partition coefficient (Wildman–Crippen LogP) is 0.337. The Balaban J connectivity index is 1.55. The topological polar surface area (TPSA) is 118 Å². The highest BCUT2D eigenvalue weighted by Crippen LogP contribution is 2.34. The first-order valence-corrected chi connectivity index (χ1v) is 8.34. The Morgan fingerprint density at radius 2 is 1.88 bits per heavy atom. The first-order valence-electron chi connectivity index (χ1n) is 8.34. The van der Waals surface area contributed by atoms with E-state index >= 15 is 0 Å². The lowest BCUT2D eigenvalue weighted by molar-refractivity contribution is -0.116. The lowest BCUT2D eigenvalue weighted by Crippen LogP contribution is -2.42. The molecule has 0 atom stereocenters. The minimum Gasteiger partial charge on any atom is -0.486 e. The molecule has 1 saturated carbocycles. The summed E-state index contributed by atoms with van der Waals surface area (Å²) >= 11 is 0. The van der Waals surface area contributed by atoms with Gasteiger partial charge in [0.25, 0.3) is 5.56 Å². The first-order chi connectivity index (χ1) is 12.5. The molecular weight excluding hydrogens is 340 g/mol. The Labute approximate surface area is 147 Å². The number of carbonyl (C=O) groups is 1. The van der Waals surface area contributed by atoms with Gasteiger partial charge in [0, 0.05) is 23.9 Å². The number of rotatable bonds is 4. The van der Waals surface area contributed by atoms with E-state index in [-0.39, 0.29) is 18.4 Å². The summed E-state index contributed by atoms with van der Waals surface area (Å²) in [5, 5.41) is 2.66. The monoisotopic (exact) mass is 358 g/mol. The molecule has 136 valence electrons. The van der Waals surface area contributed by atoms with Crippen LogP contribution < -0.4 is 31.8 Å². The number of nitrogens with zero attached hydrogens (tertiary/aromatic N) is 2. The van der Waals surface area contributed by atoms with E-state index in [1.54, 1.807) is 18.2 Å². The quantitative estimate of drug-likeness (QED) is 0.814. The third-order valence-corrected chi connectivity index (χ3v) is 4.29. The smallest absolute Gasteiger partial charge is 0.333 e. The molecule has 1 fully saturated rings. The molecule has 26 heavy (non-hydrogen) atoms. The second kappa shape index (κ2) is 6.25. The van der Waals surface area contributed by atoms with Gasteiger partial charge in [-0.2, -0.15) is 0 Å². The third kappa shape index (κ3) is 3.03. The van der Waals surface area contributed by atoms with Gasteiger partial charge < -0.3 is 20.5 Å². The molecule has 4 rings (SSSR count). The fourth-order valence-corrected chi connectivity index (χ4v) is 2.92. The number of ether oxygens (including phenoxy) is 2. The van der Waals surface area contributed by atoms with Crippen LogP contribution in [-0.2, 0) is 11.3 Å². The summed E-state index contributed by atoms with van der Waals surface area (Å²) in [6, 6.07) is 6.19. The largest absolute Gasteiger partial charge is 0.486 e. The maximum atomic E-state index is 12.5. The fourth-order valence-electron chi connectivity index (χ4n) is 2.92. The second-order valence-corrected chi connectivity index (χ2v) is 6.28. The summed E-state index contributed by atoms with van der Waals surface area (Å²) in [7, 11) is 0. The number of carbonyl (C=O) groups excluding carboxylic acids is 1. The van der Waals surface area contributed by atoms with Crippen LogP contribution in [-0.4, -0.2) is 28.3 Å². The molecule has 2 heterocycles. The van der Waals surface area contributed by atoms with E-state index in [2.05, 4.69) is 5.32 Å². The van der Waals surface area contributed by atoms with Crippen molar-refractivity contribution in [3.05, 3.63) is 45.1 Å². The average molecular weight is 358 g/mol. The standard InChI is InChI=1S/C17H18N4O5/c18-14-8-16(23)20(17(24)21(14)11-2-3-11)9-15(22)19-10-1-4-12-13(7-10)26-6-5-25-12/h1,4,7-8,11H,2-3,5-6,9,18H2,(H,19,22). The van der Waals surface area contributed by atoms with Gasteiger partial charge in [-0.15, -0.1) is 0 Å². The average Bonchev–Trinajstić information content (AvgIpc) is 3.43. The maximum absolute atomic E-state index is 12.5. The van der Waals surface area contributed by atoms with Crippen LogP contribution >= 0.6 is 0 Å². The summed E-state index contributed by atoms with van der Waals surface area (Å²) in [6.07, 6.45) is 1.68. The summed E-state index contributed by atoms with van der Waals surface area (Å²) in [4.78, 5) is 36.9. The summed E-state index contributed by atoms with van der Waals surface area (Å²) in [5.41, 5.74) is 5.11. The van der Waals surface area contributed by atoms with Crippen molar-refractivity contribution in [3.63, 3.8) is 0 Å². The number of amides is 1. The van der Waals surface area contributed by atoms with Crippen molar-refractivity contribution in [3.8, 4) is 11.5 Å². The Hall–Kier alpha value is -3.23. The minimum absolute atomic E-state index is 0.00945. The molecule has 3 N–H and O–H groups in total. The molecule has 0 bridgehead atoms. The second-order valence-electron chi connectivity index (χ2n) is 6.28. The van der Waals surface area contributed by atoms with Gasteiger partial charge in [0.05, 0.1) is 0 Å². The van der Waals surface area contributed by atoms with Gasteiger partial charge in [-0.3, -0.25) is 18.7 Å². The predicted molar refractivity (Wildman–Crippen MR) is 93.7 cm³/mol. The number of nitrogens with two attached hydrogens (primary N) is 1. The number of fused-ring (bicyclic) bond motifs is 1. The number of nitrogen functional groups attached to an aromatic ring is 1. The molecule has 9 nitrogen and oxygen atoms in total. The molecule has 1 aliphatic heterocycles. The number of benzene rings is 1. The van der Waals surface area contributed by atoms with Crippen molar-refractivity contribution in [2.75, 3.05) is 24.3 Å². The van der Waals surface area contributed by atoms with Crippen LogP contribution in [0.2, 0.25) is 0 Å². The molecule has 2 aromatic rings. The molecule has 0 radical (unpaired) electrons. The zero-order valence-corrected chi connectivity index (χ0v) is 13.9. The van der Waals surface area contributed by atoms with Gasteiger partial charge in [-0.1, -0.05) is 0 Å². The normalized spacial score (nSPS) is 15.5. The Kier molecular flexibility index (Phi) is 3.90. The molecule has 1 aromatic heterocycles. The van der Waals surface area contributed by atoms with E-state index in [9.17, 15) is 14.4 Å². The van der Waals surface area contributed by atoms with Gasteiger partial charge in [-0.05, 0) is 25.0 Å². The highest BCUT2D eigenvalue weighted by atomic mass is 16.6. The Morgan fingerprint density at radius 3 is 2.62 bits per heavy atom. The SMILES string of the molecule is Nc1cc(=O)n(CC(=O)Nc2ccc3c(c2)OCCO3)c(=O)n1C1CC1. The number of hydrogen-bond donors (Lipinski definition) is 2. The molecule has 0 saturated heterocycles. The van der Waals surface area contributed by atoms with Crippen LogP contribution in [0.4, 0.5) is 11.5 Å². The Bertz CT molecular complexity index is 990. The third-order valence-electron chi connectivity index (χ3n) is 4.29. The van der Waals surface area contributed by atoms with Gasteiger partial charge in [0.15, 0.2) is 11.5 Å². The molecular formula is C17H18N4O5. The molecule has 1 aliphatic carbocycles. The van der Waals surface area contributed by atoms with Crippen molar-refractivity contribution in [2.45, 2.75) is 25.4 Å². The summed E-state index contributed by atoms with van der Waals surface area (Å²) in [5.74, 6) is 0.783. The zero-order valence-electron chi connectivity index (χ0n) is 13.9. The summed E-state index contributed by atoms with van der Waals surface area (Å²) < 4.78 is 13.2. The van der Waals surface area contributed by atoms with Crippen molar-refractivity contribution in [1.29, 1.82) is 0 Å². The molecule has 1 amide bonds. The first kappa shape index (κ1) is 16.2. The highest BCUT2D eigenvalue weighted by molar-refractivity contribution is 5.90. The van der Waals surface area contributed by atoms with E-state index in [0.717, 1.165) is 17.4 Å². The number of aromatic nitrogens is 2. The van der Waals surface area contributed by atoms with Gasteiger partial charge >= 0.3 is 5.69 Å². The molecule has 0 spiro atoms. The van der Waals surface area contributed by atoms with Crippen LogP contribution in [0.5, 0.6) is 11.5 Å². The maximum Gasteiger partial charge on any atom is 0.333 e. The zero-order chi connectivity index (χ0) is 18.3. The van der Waals surface area contributed by atoms with Crippen LogP contribution in [0.3, 0.4) is 0 Å². The molecule has 0 unspecified atom stereocenters. The van der Waals surface area contributed by atoms with E-state index in [4.69, 9.17) is 15.2 Å². The summed E-state index contributed by atoms with van der Waals surface area (Å²) in [6.45, 7) is 0.525. The lowest BCUT2D eigenvalue weighted by Gasteiger charge is -2.19.